The van der Waals surface area contributed by atoms with Gasteiger partial charge in [-0.05, 0) is 12.1 Å². The molecule has 4 heteroatoms. The summed E-state index contributed by atoms with van der Waals surface area (Å²) in [6.07, 6.45) is 1.45. The molecule has 1 aromatic carbocycles. The van der Waals surface area contributed by atoms with Crippen molar-refractivity contribution in [1.29, 1.82) is 0 Å². The van der Waals surface area contributed by atoms with E-state index in [0.717, 1.165) is 5.69 Å². The fraction of sp³-hybridized carbons (Fsp3) is 0. The van der Waals surface area contributed by atoms with Crippen molar-refractivity contribution in [3.63, 3.8) is 0 Å². The predicted octanol–water partition coefficient (Wildman–Crippen LogP) is 0.526. The van der Waals surface area contributed by atoms with Crippen LogP contribution in [0.2, 0.25) is 0 Å². The first-order valence-corrected chi connectivity index (χ1v) is 4.15. The monoisotopic (exact) mass is 188 g/mol. The van der Waals surface area contributed by atoms with E-state index in [9.17, 15) is 9.59 Å². The van der Waals surface area contributed by atoms with Crippen LogP contribution in [0.25, 0.3) is 5.69 Å². The second-order valence-electron chi connectivity index (χ2n) is 2.82. The van der Waals surface area contributed by atoms with Crippen LogP contribution in [0.5, 0.6) is 0 Å². The maximum absolute atomic E-state index is 11.3. The third kappa shape index (κ3) is 1.50. The first-order valence-electron chi connectivity index (χ1n) is 4.15. The molecule has 0 spiro atoms. The lowest BCUT2D eigenvalue weighted by Crippen LogP contribution is -2.27. The number of nitrogens with zero attached hydrogens (tertiary/aromatic N) is 1. The molecular weight excluding hydrogens is 180 g/mol. The Labute approximate surface area is 79.5 Å². The SMILES string of the molecule is O=c1ccn(-c2ccccc2)c(=O)[nH]1. The van der Waals surface area contributed by atoms with Gasteiger partial charge in [-0.2, -0.15) is 0 Å². The molecule has 14 heavy (non-hydrogen) atoms. The van der Waals surface area contributed by atoms with Crippen LogP contribution in [0.15, 0.2) is 52.2 Å². The molecule has 1 N–H and O–H groups in total. The second kappa shape index (κ2) is 3.33. The fourth-order valence-corrected chi connectivity index (χ4v) is 1.21. The van der Waals surface area contributed by atoms with E-state index in [2.05, 4.69) is 4.98 Å². The van der Waals surface area contributed by atoms with Crippen molar-refractivity contribution in [2.24, 2.45) is 0 Å². The van der Waals surface area contributed by atoms with Crippen LogP contribution in [-0.2, 0) is 0 Å². The van der Waals surface area contributed by atoms with Gasteiger partial charge in [0.1, 0.15) is 0 Å². The maximum atomic E-state index is 11.3. The molecule has 0 unspecified atom stereocenters. The summed E-state index contributed by atoms with van der Waals surface area (Å²) in [5, 5.41) is 0. The number of nitrogens with one attached hydrogen (secondary N) is 1. The maximum Gasteiger partial charge on any atom is 0.332 e. The van der Waals surface area contributed by atoms with Gasteiger partial charge >= 0.3 is 5.69 Å². The Morgan fingerprint density at radius 3 is 2.36 bits per heavy atom. The molecule has 1 heterocycles. The number of para-hydroxylation sites is 1. The molecule has 1 aromatic heterocycles. The molecule has 0 amide bonds. The Bertz CT molecular complexity index is 540. The zero-order valence-electron chi connectivity index (χ0n) is 7.31. The topological polar surface area (TPSA) is 54.9 Å². The van der Waals surface area contributed by atoms with Crippen molar-refractivity contribution >= 4 is 0 Å². The zero-order valence-corrected chi connectivity index (χ0v) is 7.31. The molecule has 70 valence electrons. The Kier molecular flexibility index (Phi) is 2.02. The number of rotatable bonds is 1. The molecule has 2 rings (SSSR count). The molecule has 0 saturated heterocycles. The average molecular weight is 188 g/mol. The molecule has 2 aromatic rings. The number of hydrogen-bond donors (Lipinski definition) is 1. The average Bonchev–Trinajstić information content (AvgIpc) is 2.19. The number of H-pyrrole nitrogens is 1. The number of hydrogen-bond acceptors (Lipinski definition) is 2. The molecule has 0 aliphatic heterocycles. The summed E-state index contributed by atoms with van der Waals surface area (Å²) in [6.45, 7) is 0. The van der Waals surface area contributed by atoms with Crippen LogP contribution in [0, 0.1) is 0 Å². The minimum atomic E-state index is -0.427. The molecule has 0 atom stereocenters. The molecule has 0 saturated carbocycles. The molecule has 0 aliphatic carbocycles. The van der Waals surface area contributed by atoms with Gasteiger partial charge in [-0.3, -0.25) is 14.3 Å². The Morgan fingerprint density at radius 2 is 1.71 bits per heavy atom. The number of aromatic amines is 1. The van der Waals surface area contributed by atoms with Gasteiger partial charge in [0, 0.05) is 12.3 Å². The molecule has 0 bridgehead atoms. The van der Waals surface area contributed by atoms with Crippen LogP contribution < -0.4 is 11.2 Å². The van der Waals surface area contributed by atoms with Crippen LogP contribution in [0.3, 0.4) is 0 Å². The van der Waals surface area contributed by atoms with E-state index < -0.39 is 5.69 Å². The highest BCUT2D eigenvalue weighted by Crippen LogP contribution is 2.01. The van der Waals surface area contributed by atoms with Crippen LogP contribution in [0.1, 0.15) is 0 Å². The highest BCUT2D eigenvalue weighted by molar-refractivity contribution is 5.30. The van der Waals surface area contributed by atoms with Crippen LogP contribution in [-0.4, -0.2) is 9.55 Å². The van der Waals surface area contributed by atoms with Gasteiger partial charge in [-0.1, -0.05) is 18.2 Å². The van der Waals surface area contributed by atoms with Crippen LogP contribution >= 0.6 is 0 Å². The Hall–Kier alpha value is -2.10. The lowest BCUT2D eigenvalue weighted by molar-refractivity contribution is 0.896. The van der Waals surface area contributed by atoms with Crippen molar-refractivity contribution in [3.05, 3.63) is 63.4 Å². The summed E-state index contributed by atoms with van der Waals surface area (Å²) in [4.78, 5) is 24.3. The van der Waals surface area contributed by atoms with E-state index in [1.54, 1.807) is 12.1 Å². The lowest BCUT2D eigenvalue weighted by Gasteiger charge is -2.02. The van der Waals surface area contributed by atoms with Crippen molar-refractivity contribution in [1.82, 2.24) is 9.55 Å². The highest BCUT2D eigenvalue weighted by atomic mass is 16.2. The molecule has 0 aliphatic rings. The van der Waals surface area contributed by atoms with E-state index >= 15 is 0 Å². The fourth-order valence-electron chi connectivity index (χ4n) is 1.21. The minimum Gasteiger partial charge on any atom is -0.274 e. The van der Waals surface area contributed by atoms with Gasteiger partial charge in [0.05, 0.1) is 5.69 Å². The van der Waals surface area contributed by atoms with Crippen molar-refractivity contribution < 1.29 is 0 Å². The van der Waals surface area contributed by atoms with Gasteiger partial charge in [0.15, 0.2) is 0 Å². The van der Waals surface area contributed by atoms with E-state index in [1.165, 1.54) is 16.8 Å². The van der Waals surface area contributed by atoms with Gasteiger partial charge < -0.3 is 0 Å². The third-order valence-electron chi connectivity index (χ3n) is 1.86. The first-order chi connectivity index (χ1) is 6.77. The largest absolute Gasteiger partial charge is 0.332 e. The van der Waals surface area contributed by atoms with Crippen LogP contribution in [0.4, 0.5) is 0 Å². The predicted molar refractivity (Wildman–Crippen MR) is 52.7 cm³/mol. The Balaban J connectivity index is 2.64. The minimum absolute atomic E-state index is 0.387. The standard InChI is InChI=1S/C10H8N2O2/c13-9-6-7-12(10(14)11-9)8-4-2-1-3-5-8/h1-7H,(H,11,13,14). The van der Waals surface area contributed by atoms with Crippen molar-refractivity contribution in [2.75, 3.05) is 0 Å². The van der Waals surface area contributed by atoms with Gasteiger partial charge in [-0.25, -0.2) is 4.79 Å². The number of aromatic nitrogens is 2. The summed E-state index contributed by atoms with van der Waals surface area (Å²) in [6, 6.07) is 10.4. The van der Waals surface area contributed by atoms with Gasteiger partial charge in [-0.15, -0.1) is 0 Å². The molecular formula is C10H8N2O2. The van der Waals surface area contributed by atoms with Gasteiger partial charge in [0.2, 0.25) is 0 Å². The Morgan fingerprint density at radius 1 is 1.00 bits per heavy atom. The quantitative estimate of drug-likeness (QED) is 0.709. The van der Waals surface area contributed by atoms with E-state index in [0.29, 0.717) is 0 Å². The molecule has 4 nitrogen and oxygen atoms in total. The normalized spacial score (nSPS) is 10.0. The zero-order chi connectivity index (χ0) is 9.97. The number of benzene rings is 1. The smallest absolute Gasteiger partial charge is 0.274 e. The van der Waals surface area contributed by atoms with Crippen molar-refractivity contribution in [3.8, 4) is 5.69 Å². The summed E-state index contributed by atoms with van der Waals surface area (Å²) in [5.41, 5.74) is -0.0837. The van der Waals surface area contributed by atoms with E-state index in [1.807, 2.05) is 18.2 Å². The first kappa shape index (κ1) is 8.50. The third-order valence-corrected chi connectivity index (χ3v) is 1.86. The highest BCUT2D eigenvalue weighted by Gasteiger charge is 1.97. The molecule has 0 fully saturated rings. The van der Waals surface area contributed by atoms with Crippen molar-refractivity contribution in [2.45, 2.75) is 0 Å². The van der Waals surface area contributed by atoms with Gasteiger partial charge in [0.25, 0.3) is 5.56 Å². The molecule has 0 radical (unpaired) electrons. The lowest BCUT2D eigenvalue weighted by atomic mass is 10.3. The summed E-state index contributed by atoms with van der Waals surface area (Å²) in [7, 11) is 0. The second-order valence-corrected chi connectivity index (χ2v) is 2.82. The van der Waals surface area contributed by atoms with E-state index in [4.69, 9.17) is 0 Å². The summed E-state index contributed by atoms with van der Waals surface area (Å²) in [5.74, 6) is 0. The summed E-state index contributed by atoms with van der Waals surface area (Å²) < 4.78 is 1.38. The summed E-state index contributed by atoms with van der Waals surface area (Å²) >= 11 is 0. The van der Waals surface area contributed by atoms with E-state index in [-0.39, 0.29) is 5.56 Å².